The maximum atomic E-state index is 12.6. The number of sulfonamides is 1. The van der Waals surface area contributed by atoms with Gasteiger partial charge in [0.15, 0.2) is 5.96 Å². The van der Waals surface area contributed by atoms with E-state index in [0.717, 1.165) is 57.2 Å². The first-order valence-corrected chi connectivity index (χ1v) is 11.9. The van der Waals surface area contributed by atoms with Gasteiger partial charge in [-0.25, -0.2) is 13.4 Å². The van der Waals surface area contributed by atoms with E-state index in [9.17, 15) is 8.42 Å². The molecule has 1 N–H and O–H groups in total. The van der Waals surface area contributed by atoms with Crippen LogP contribution in [0.1, 0.15) is 39.2 Å². The van der Waals surface area contributed by atoms with Crippen molar-refractivity contribution in [2.45, 2.75) is 51.1 Å². The largest absolute Gasteiger partial charge is 0.381 e. The highest BCUT2D eigenvalue weighted by Crippen LogP contribution is 2.38. The van der Waals surface area contributed by atoms with Crippen molar-refractivity contribution >= 4 is 16.0 Å². The molecule has 8 heteroatoms. The van der Waals surface area contributed by atoms with Crippen molar-refractivity contribution < 1.29 is 13.2 Å². The predicted octanol–water partition coefficient (Wildman–Crippen LogP) is 2.29. The summed E-state index contributed by atoms with van der Waals surface area (Å²) >= 11 is 0. The number of nitrogens with zero attached hydrogens (tertiary/aromatic N) is 3. The van der Waals surface area contributed by atoms with E-state index in [0.29, 0.717) is 11.4 Å². The number of hydrogen-bond acceptors (Lipinski definition) is 4. The maximum absolute atomic E-state index is 12.6. The molecule has 162 valence electrons. The lowest BCUT2D eigenvalue weighted by molar-refractivity contribution is 0.156. The molecule has 0 radical (unpaired) electrons. The Morgan fingerprint density at radius 1 is 1.31 bits per heavy atom. The van der Waals surface area contributed by atoms with Crippen LogP contribution in [0.3, 0.4) is 0 Å². The molecule has 2 fully saturated rings. The molecule has 2 aliphatic rings. The molecule has 0 aromatic heterocycles. The molecular weight excluding hydrogens is 388 g/mol. The normalized spacial score (nSPS) is 23.0. The minimum Gasteiger partial charge on any atom is -0.381 e. The Kier molecular flexibility index (Phi) is 6.86. The summed E-state index contributed by atoms with van der Waals surface area (Å²) in [7, 11) is -1.85. The molecule has 29 heavy (non-hydrogen) atoms. The third-order valence-corrected chi connectivity index (χ3v) is 8.04. The monoisotopic (exact) mass is 422 g/mol. The van der Waals surface area contributed by atoms with Crippen LogP contribution in [0.5, 0.6) is 0 Å². The Balaban J connectivity index is 1.68. The van der Waals surface area contributed by atoms with Gasteiger partial charge in [0.25, 0.3) is 0 Å². The molecule has 1 aromatic rings. The van der Waals surface area contributed by atoms with E-state index in [-0.39, 0.29) is 11.5 Å². The summed E-state index contributed by atoms with van der Waals surface area (Å²) in [5.74, 6) is 0.924. The summed E-state index contributed by atoms with van der Waals surface area (Å²) in [6, 6.07) is 6.97. The summed E-state index contributed by atoms with van der Waals surface area (Å²) in [4.78, 5) is 7.45. The standard InChI is InChI=1S/C21H34N4O3S/c1-5-22-20(25-12-10-21(15-25)11-13-28-16-21)23-14-18-6-8-19(9-7-18)29(26,27)24(4)17(2)3/h6-9,17H,5,10-16H2,1-4H3,(H,22,23). The van der Waals surface area contributed by atoms with E-state index in [1.54, 1.807) is 19.2 Å². The first kappa shape index (κ1) is 22.1. The molecule has 1 aromatic carbocycles. The van der Waals surface area contributed by atoms with E-state index >= 15 is 0 Å². The smallest absolute Gasteiger partial charge is 0.243 e. The Morgan fingerprint density at radius 3 is 2.62 bits per heavy atom. The SMILES string of the molecule is CCNC(=NCc1ccc(S(=O)(=O)N(C)C(C)C)cc1)N1CCC2(CCOC2)C1. The van der Waals surface area contributed by atoms with Crippen molar-refractivity contribution in [1.82, 2.24) is 14.5 Å². The summed E-state index contributed by atoms with van der Waals surface area (Å²) in [6.45, 7) is 10.8. The van der Waals surface area contributed by atoms with Crippen molar-refractivity contribution in [3.05, 3.63) is 29.8 Å². The number of hydrogen-bond donors (Lipinski definition) is 1. The number of rotatable bonds is 6. The van der Waals surface area contributed by atoms with Crippen LogP contribution in [-0.4, -0.2) is 69.5 Å². The summed E-state index contributed by atoms with van der Waals surface area (Å²) in [5, 5.41) is 3.40. The van der Waals surface area contributed by atoms with Gasteiger partial charge in [-0.3, -0.25) is 0 Å². The molecule has 0 saturated carbocycles. The molecule has 1 spiro atoms. The van der Waals surface area contributed by atoms with Gasteiger partial charge in [0, 0.05) is 44.7 Å². The Hall–Kier alpha value is -1.64. The van der Waals surface area contributed by atoms with Crippen LogP contribution < -0.4 is 5.32 Å². The quantitative estimate of drug-likeness (QED) is 0.562. The predicted molar refractivity (Wildman–Crippen MR) is 115 cm³/mol. The summed E-state index contributed by atoms with van der Waals surface area (Å²) < 4.78 is 32.2. The molecule has 0 amide bonds. The second-order valence-corrected chi connectivity index (χ2v) is 10.4. The molecule has 2 aliphatic heterocycles. The number of guanidine groups is 1. The number of ether oxygens (including phenoxy) is 1. The van der Waals surface area contributed by atoms with Crippen molar-refractivity contribution in [2.75, 3.05) is 39.9 Å². The fraction of sp³-hybridized carbons (Fsp3) is 0.667. The number of benzene rings is 1. The summed E-state index contributed by atoms with van der Waals surface area (Å²) in [6.07, 6.45) is 2.27. The van der Waals surface area contributed by atoms with Gasteiger partial charge < -0.3 is 15.0 Å². The lowest BCUT2D eigenvalue weighted by atomic mass is 9.87. The van der Waals surface area contributed by atoms with Gasteiger partial charge in [-0.2, -0.15) is 4.31 Å². The minimum atomic E-state index is -3.46. The molecular formula is C21H34N4O3S. The van der Waals surface area contributed by atoms with E-state index in [2.05, 4.69) is 17.1 Å². The number of nitrogens with one attached hydrogen (secondary N) is 1. The van der Waals surface area contributed by atoms with E-state index in [4.69, 9.17) is 9.73 Å². The van der Waals surface area contributed by atoms with Crippen molar-refractivity contribution in [2.24, 2.45) is 10.4 Å². The highest BCUT2D eigenvalue weighted by atomic mass is 32.2. The molecule has 0 bridgehead atoms. The zero-order valence-electron chi connectivity index (χ0n) is 18.0. The molecule has 7 nitrogen and oxygen atoms in total. The van der Waals surface area contributed by atoms with Crippen LogP contribution >= 0.6 is 0 Å². The van der Waals surface area contributed by atoms with Crippen LogP contribution in [0.15, 0.2) is 34.2 Å². The van der Waals surface area contributed by atoms with E-state index in [1.807, 2.05) is 26.0 Å². The highest BCUT2D eigenvalue weighted by Gasteiger charge is 2.42. The highest BCUT2D eigenvalue weighted by molar-refractivity contribution is 7.89. The summed E-state index contributed by atoms with van der Waals surface area (Å²) in [5.41, 5.74) is 1.28. The zero-order valence-corrected chi connectivity index (χ0v) is 18.8. The maximum Gasteiger partial charge on any atom is 0.243 e. The first-order chi connectivity index (χ1) is 13.8. The van der Waals surface area contributed by atoms with Gasteiger partial charge in [-0.1, -0.05) is 12.1 Å². The number of likely N-dealkylation sites (tertiary alicyclic amines) is 1. The molecule has 0 aliphatic carbocycles. The van der Waals surface area contributed by atoms with Crippen molar-refractivity contribution in [1.29, 1.82) is 0 Å². The second-order valence-electron chi connectivity index (χ2n) is 8.40. The third-order valence-electron chi connectivity index (χ3n) is 6.00. The minimum absolute atomic E-state index is 0.0824. The lowest BCUT2D eigenvalue weighted by Crippen LogP contribution is -2.41. The third kappa shape index (κ3) is 4.92. The lowest BCUT2D eigenvalue weighted by Gasteiger charge is -2.25. The average Bonchev–Trinajstić information content (AvgIpc) is 3.34. The van der Waals surface area contributed by atoms with E-state index in [1.165, 1.54) is 4.31 Å². The molecule has 3 rings (SSSR count). The van der Waals surface area contributed by atoms with Crippen LogP contribution in [0.25, 0.3) is 0 Å². The Labute approximate surface area is 175 Å². The topological polar surface area (TPSA) is 74.2 Å². The Bertz CT molecular complexity index is 815. The fourth-order valence-electron chi connectivity index (χ4n) is 3.89. The molecule has 2 heterocycles. The average molecular weight is 423 g/mol. The van der Waals surface area contributed by atoms with Gasteiger partial charge in [0.2, 0.25) is 10.0 Å². The van der Waals surface area contributed by atoms with Crippen LogP contribution in [0.2, 0.25) is 0 Å². The molecule has 2 saturated heterocycles. The van der Waals surface area contributed by atoms with Crippen molar-refractivity contribution in [3.63, 3.8) is 0 Å². The van der Waals surface area contributed by atoms with Gasteiger partial charge >= 0.3 is 0 Å². The van der Waals surface area contributed by atoms with Gasteiger partial charge in [-0.15, -0.1) is 0 Å². The van der Waals surface area contributed by atoms with Gasteiger partial charge in [0.1, 0.15) is 0 Å². The molecule has 1 unspecified atom stereocenters. The van der Waals surface area contributed by atoms with Crippen LogP contribution in [0.4, 0.5) is 0 Å². The first-order valence-electron chi connectivity index (χ1n) is 10.5. The fourth-order valence-corrected chi connectivity index (χ4v) is 5.26. The van der Waals surface area contributed by atoms with Crippen molar-refractivity contribution in [3.8, 4) is 0 Å². The molecule has 1 atom stereocenters. The van der Waals surface area contributed by atoms with Gasteiger partial charge in [-0.05, 0) is 51.3 Å². The van der Waals surface area contributed by atoms with Gasteiger partial charge in [0.05, 0.1) is 18.0 Å². The van der Waals surface area contributed by atoms with Crippen LogP contribution in [-0.2, 0) is 21.3 Å². The number of aliphatic imine (C=N–C) groups is 1. The van der Waals surface area contributed by atoms with E-state index < -0.39 is 10.0 Å². The zero-order chi connectivity index (χ0) is 21.1. The second kappa shape index (κ2) is 9.02. The Morgan fingerprint density at radius 2 is 2.03 bits per heavy atom. The van der Waals surface area contributed by atoms with Crippen LogP contribution in [0, 0.1) is 5.41 Å².